The zero-order valence-electron chi connectivity index (χ0n) is 35.7. The standard InChI is InChI=1S/C36H60N7O17P3S/c1-4-5-6-7-8-9-10-11-12-13-14-15-16-27(45)64-20-19-38-26(44)17-18-39-34(48)31(47)36(2,3)22-57-63(54,55)60-62(52,53)56-21-25-30(59-61(49,50)51)29(46)35(58-25)43-24-42-28-32(37)40-23-41-33(28)43/h5-6,12-13,23-25,29-31,35,46-47H,4,7-11,14-22H2,1-3H3,(H,38,44)(H,39,48)(H,52,53)(H,54,55)(H2,37,40,41)(H2,49,50,51)/b6-5+,13-12+. The summed E-state index contributed by atoms with van der Waals surface area (Å²) in [5.74, 6) is -1.06. The van der Waals surface area contributed by atoms with E-state index in [4.69, 9.17) is 19.5 Å². The number of rotatable bonds is 30. The molecule has 7 atom stereocenters. The van der Waals surface area contributed by atoms with Gasteiger partial charge in [0.1, 0.15) is 36.3 Å². The summed E-state index contributed by atoms with van der Waals surface area (Å²) in [5, 5.41) is 26.6. The first-order valence-electron chi connectivity index (χ1n) is 20.4. The first kappa shape index (κ1) is 55.4. The number of nitrogen functional groups attached to an aromatic ring is 1. The van der Waals surface area contributed by atoms with Crippen molar-refractivity contribution >= 4 is 69.1 Å². The van der Waals surface area contributed by atoms with Crippen LogP contribution in [0.3, 0.4) is 0 Å². The number of aliphatic hydroxyl groups excluding tert-OH is 2. The summed E-state index contributed by atoms with van der Waals surface area (Å²) in [6.07, 6.45) is 10.5. The van der Waals surface area contributed by atoms with Gasteiger partial charge in [-0.3, -0.25) is 32.5 Å². The Labute approximate surface area is 374 Å². The SMILES string of the molecule is CC/C=C/CCCCC/C=C/CCCC(=O)SCCNC(=O)CCNC(=O)C(O)C(C)(C)COP(=O)(O)OP(=O)(O)OCC1OC(n2cnc3c(N)ncnc32)C(O)C1OP(=O)(O)O. The molecule has 362 valence electrons. The van der Waals surface area contributed by atoms with Crippen LogP contribution >= 0.6 is 35.2 Å². The highest BCUT2D eigenvalue weighted by atomic mass is 32.2. The predicted octanol–water partition coefficient (Wildman–Crippen LogP) is 3.31. The minimum Gasteiger partial charge on any atom is -0.386 e. The number of phosphoric ester groups is 3. The number of nitrogens with zero attached hydrogens (tertiary/aromatic N) is 4. The molecule has 0 aliphatic carbocycles. The first-order valence-corrected chi connectivity index (χ1v) is 25.9. The third kappa shape index (κ3) is 19.5. The molecule has 2 aromatic rings. The molecule has 28 heteroatoms. The van der Waals surface area contributed by atoms with Crippen LogP contribution in [0, 0.1) is 5.41 Å². The van der Waals surface area contributed by atoms with Crippen LogP contribution in [0.4, 0.5) is 5.82 Å². The number of ether oxygens (including phenoxy) is 1. The largest absolute Gasteiger partial charge is 0.481 e. The minimum atomic E-state index is -5.58. The van der Waals surface area contributed by atoms with Gasteiger partial charge < -0.3 is 50.9 Å². The number of hydrogen-bond acceptors (Lipinski definition) is 18. The molecule has 0 saturated carbocycles. The van der Waals surface area contributed by atoms with Crippen LogP contribution in [0.1, 0.15) is 91.2 Å². The maximum Gasteiger partial charge on any atom is 0.481 e. The van der Waals surface area contributed by atoms with Crippen molar-refractivity contribution in [3.8, 4) is 0 Å². The summed E-state index contributed by atoms with van der Waals surface area (Å²) in [6.45, 7) is 2.66. The van der Waals surface area contributed by atoms with Crippen LogP contribution in [0.15, 0.2) is 37.0 Å². The normalized spacial score (nSPS) is 20.7. The molecule has 1 fully saturated rings. The van der Waals surface area contributed by atoms with Crippen molar-refractivity contribution in [2.45, 2.75) is 116 Å². The van der Waals surface area contributed by atoms with E-state index in [1.165, 1.54) is 26.7 Å². The number of hydrogen-bond donors (Lipinski definition) is 9. The van der Waals surface area contributed by atoms with Gasteiger partial charge in [0.25, 0.3) is 0 Å². The van der Waals surface area contributed by atoms with Crippen molar-refractivity contribution in [2.75, 3.05) is 37.8 Å². The molecule has 64 heavy (non-hydrogen) atoms. The van der Waals surface area contributed by atoms with Crippen LogP contribution in [-0.2, 0) is 50.7 Å². The van der Waals surface area contributed by atoms with E-state index in [9.17, 15) is 57.9 Å². The second-order valence-corrected chi connectivity index (χ2v) is 20.6. The predicted molar refractivity (Wildman–Crippen MR) is 233 cm³/mol. The zero-order valence-corrected chi connectivity index (χ0v) is 39.2. The molecule has 2 aromatic heterocycles. The Bertz CT molecular complexity index is 2040. The van der Waals surface area contributed by atoms with E-state index in [2.05, 4.69) is 65.6 Å². The van der Waals surface area contributed by atoms with E-state index in [0.717, 1.165) is 67.5 Å². The van der Waals surface area contributed by atoms with Gasteiger partial charge in [-0.15, -0.1) is 0 Å². The molecule has 3 heterocycles. The minimum absolute atomic E-state index is 0.0275. The highest BCUT2D eigenvalue weighted by Crippen LogP contribution is 2.61. The quantitative estimate of drug-likeness (QED) is 0.0308. The lowest BCUT2D eigenvalue weighted by atomic mass is 9.87. The second-order valence-electron chi connectivity index (χ2n) is 15.2. The van der Waals surface area contributed by atoms with E-state index < -0.39 is 84.6 Å². The van der Waals surface area contributed by atoms with Gasteiger partial charge in [0, 0.05) is 37.1 Å². The van der Waals surface area contributed by atoms with Crippen molar-refractivity contribution in [3.05, 3.63) is 37.0 Å². The lowest BCUT2D eigenvalue weighted by Crippen LogP contribution is -2.46. The van der Waals surface area contributed by atoms with E-state index in [0.29, 0.717) is 12.2 Å². The highest BCUT2D eigenvalue weighted by Gasteiger charge is 2.50. The lowest BCUT2D eigenvalue weighted by Gasteiger charge is -2.30. The van der Waals surface area contributed by atoms with Gasteiger partial charge in [-0.1, -0.05) is 63.3 Å². The first-order chi connectivity index (χ1) is 30.1. The molecule has 1 aliphatic heterocycles. The Morgan fingerprint density at radius 2 is 1.59 bits per heavy atom. The Kier molecular flexibility index (Phi) is 22.8. The molecule has 2 amide bonds. The van der Waals surface area contributed by atoms with Crippen molar-refractivity contribution in [3.63, 3.8) is 0 Å². The van der Waals surface area contributed by atoms with Crippen LogP contribution in [0.2, 0.25) is 0 Å². The van der Waals surface area contributed by atoms with Gasteiger partial charge >= 0.3 is 23.5 Å². The smallest absolute Gasteiger partial charge is 0.386 e. The number of amides is 2. The second kappa shape index (κ2) is 26.4. The molecule has 3 rings (SSSR count). The maximum atomic E-state index is 12.7. The Balaban J connectivity index is 1.35. The van der Waals surface area contributed by atoms with E-state index in [-0.39, 0.29) is 41.6 Å². The molecular formula is C36H60N7O17P3S. The van der Waals surface area contributed by atoms with Crippen molar-refractivity contribution in [1.29, 1.82) is 0 Å². The summed E-state index contributed by atoms with van der Waals surface area (Å²) in [6, 6.07) is 0. The number of allylic oxidation sites excluding steroid dienone is 4. The number of imidazole rings is 1. The molecule has 0 radical (unpaired) electrons. The molecule has 0 spiro atoms. The fourth-order valence-corrected chi connectivity index (χ4v) is 9.50. The Hall–Kier alpha value is -2.96. The number of nitrogens with two attached hydrogens (primary N) is 1. The topological polar surface area (TPSA) is 364 Å². The monoisotopic (exact) mass is 987 g/mol. The van der Waals surface area contributed by atoms with Gasteiger partial charge in [-0.25, -0.2) is 28.6 Å². The molecule has 0 bridgehead atoms. The van der Waals surface area contributed by atoms with Crippen LogP contribution < -0.4 is 16.4 Å². The third-order valence-corrected chi connectivity index (χ3v) is 13.4. The average Bonchev–Trinajstić information content (AvgIpc) is 3.78. The molecule has 7 unspecified atom stereocenters. The van der Waals surface area contributed by atoms with Gasteiger partial charge in [-0.05, 0) is 44.9 Å². The summed E-state index contributed by atoms with van der Waals surface area (Å²) < 4.78 is 62.3. The number of fused-ring (bicyclic) bond motifs is 1. The zero-order chi connectivity index (χ0) is 47.6. The lowest BCUT2D eigenvalue weighted by molar-refractivity contribution is -0.137. The van der Waals surface area contributed by atoms with E-state index in [1.807, 2.05) is 0 Å². The Morgan fingerprint density at radius 1 is 0.938 bits per heavy atom. The van der Waals surface area contributed by atoms with Gasteiger partial charge in [-0.2, -0.15) is 4.31 Å². The molecule has 0 aromatic carbocycles. The number of carbonyl (C=O) groups is 3. The van der Waals surface area contributed by atoms with Crippen molar-refractivity contribution in [2.24, 2.45) is 5.41 Å². The van der Waals surface area contributed by atoms with E-state index in [1.54, 1.807) is 0 Å². The highest BCUT2D eigenvalue weighted by molar-refractivity contribution is 8.13. The summed E-state index contributed by atoms with van der Waals surface area (Å²) in [4.78, 5) is 88.1. The van der Waals surface area contributed by atoms with Gasteiger partial charge in [0.15, 0.2) is 22.8 Å². The number of carbonyl (C=O) groups excluding carboxylic acids is 3. The van der Waals surface area contributed by atoms with E-state index >= 15 is 0 Å². The van der Waals surface area contributed by atoms with Crippen molar-refractivity contribution < 1.29 is 80.5 Å². The number of phosphoric acid groups is 3. The summed E-state index contributed by atoms with van der Waals surface area (Å²) >= 11 is 1.12. The summed E-state index contributed by atoms with van der Waals surface area (Å²) in [7, 11) is -16.4. The third-order valence-electron chi connectivity index (χ3n) is 9.33. The fraction of sp³-hybridized carbons (Fsp3) is 0.667. The van der Waals surface area contributed by atoms with Crippen LogP contribution in [0.5, 0.6) is 0 Å². The van der Waals surface area contributed by atoms with Gasteiger partial charge in [0.05, 0.1) is 19.5 Å². The maximum absolute atomic E-state index is 12.7. The van der Waals surface area contributed by atoms with Crippen molar-refractivity contribution in [1.82, 2.24) is 30.2 Å². The number of unbranched alkanes of at least 4 members (excludes halogenated alkanes) is 5. The van der Waals surface area contributed by atoms with Crippen LogP contribution in [0.25, 0.3) is 11.2 Å². The molecule has 24 nitrogen and oxygen atoms in total. The number of aromatic nitrogens is 4. The molecule has 1 saturated heterocycles. The summed E-state index contributed by atoms with van der Waals surface area (Å²) in [5.41, 5.74) is 4.28. The average molecular weight is 988 g/mol. The fourth-order valence-electron chi connectivity index (χ4n) is 5.95. The number of aliphatic hydroxyl groups is 2. The molecule has 1 aliphatic rings. The molecular weight excluding hydrogens is 927 g/mol. The number of anilines is 1. The number of nitrogens with one attached hydrogen (secondary N) is 2. The number of thioether (sulfide) groups is 1. The molecule has 10 N–H and O–H groups in total. The van der Waals surface area contributed by atoms with Gasteiger partial charge in [0.2, 0.25) is 11.8 Å². The Morgan fingerprint density at radius 3 is 2.27 bits per heavy atom. The van der Waals surface area contributed by atoms with Crippen LogP contribution in [-0.4, -0.2) is 123 Å².